The fourth-order valence-electron chi connectivity index (χ4n) is 7.25. The molecule has 230 valence electrons. The summed E-state index contributed by atoms with van der Waals surface area (Å²) in [5, 5.41) is 0. The maximum atomic E-state index is 12.1. The van der Waals surface area contributed by atoms with E-state index >= 15 is 0 Å². The Kier molecular flexibility index (Phi) is 11.8. The molecule has 0 radical (unpaired) electrons. The Morgan fingerprint density at radius 1 is 0.581 bits per heavy atom. The Labute approximate surface area is 261 Å². The van der Waals surface area contributed by atoms with Crippen LogP contribution in [0.3, 0.4) is 0 Å². The summed E-state index contributed by atoms with van der Waals surface area (Å²) in [5.41, 5.74) is 10.2. The molecular formula is C40H53NO2. The molecule has 0 bridgehead atoms. The Hall–Kier alpha value is -3.20. The third-order valence-electron chi connectivity index (χ3n) is 9.52. The largest absolute Gasteiger partial charge is 0.274 e. The second-order valence-electron chi connectivity index (χ2n) is 12.8. The average molecular weight is 580 g/mol. The van der Waals surface area contributed by atoms with E-state index in [0.29, 0.717) is 5.69 Å². The number of aryl methyl sites for hydroxylation is 1. The highest BCUT2D eigenvalue weighted by Gasteiger charge is 2.42. The van der Waals surface area contributed by atoms with Crippen LogP contribution in [-0.2, 0) is 15.0 Å². The summed E-state index contributed by atoms with van der Waals surface area (Å²) >= 11 is 0. The quantitative estimate of drug-likeness (QED) is 0.158. The molecule has 0 fully saturated rings. The zero-order chi connectivity index (χ0) is 30.8. The van der Waals surface area contributed by atoms with Crippen molar-refractivity contribution in [2.24, 2.45) is 0 Å². The second kappa shape index (κ2) is 15.5. The number of nitrogens with zero attached hydrogens (tertiary/aromatic N) is 1. The van der Waals surface area contributed by atoms with Crippen molar-refractivity contribution in [2.75, 3.05) is 4.90 Å². The standard InChI is InChI=1S/C40H53NO2/c1-6-8-10-12-14-16-26-40(27-17-15-13-11-9-7-2)38-28-30(3)18-24-36(38)37-25-21-34(29-39(37)40)33-19-22-35(23-20-33)41(31(4)42)32(5)43/h18-25,28-29H,6-17,26-27H2,1-5H3. The molecule has 4 rings (SSSR count). The summed E-state index contributed by atoms with van der Waals surface area (Å²) in [6.45, 7) is 9.68. The number of carbonyl (C=O) groups is 2. The summed E-state index contributed by atoms with van der Waals surface area (Å²) in [7, 11) is 0. The number of benzene rings is 3. The third kappa shape index (κ3) is 7.66. The molecule has 0 atom stereocenters. The maximum absolute atomic E-state index is 12.1. The van der Waals surface area contributed by atoms with Crippen LogP contribution in [0.1, 0.15) is 134 Å². The van der Waals surface area contributed by atoms with E-state index in [2.05, 4.69) is 57.2 Å². The van der Waals surface area contributed by atoms with Crippen molar-refractivity contribution in [2.45, 2.75) is 130 Å². The normalized spacial score (nSPS) is 13.0. The van der Waals surface area contributed by atoms with Crippen LogP contribution in [-0.4, -0.2) is 11.8 Å². The van der Waals surface area contributed by atoms with Gasteiger partial charge in [0.25, 0.3) is 0 Å². The first-order valence-corrected chi connectivity index (χ1v) is 17.0. The first-order valence-electron chi connectivity index (χ1n) is 17.0. The van der Waals surface area contributed by atoms with Crippen molar-refractivity contribution >= 4 is 17.5 Å². The molecule has 0 heterocycles. The lowest BCUT2D eigenvalue weighted by molar-refractivity contribution is -0.124. The van der Waals surface area contributed by atoms with Gasteiger partial charge >= 0.3 is 0 Å². The molecule has 43 heavy (non-hydrogen) atoms. The third-order valence-corrected chi connectivity index (χ3v) is 9.52. The molecule has 0 aromatic heterocycles. The number of amides is 2. The van der Waals surface area contributed by atoms with Gasteiger partial charge in [-0.25, -0.2) is 0 Å². The van der Waals surface area contributed by atoms with Gasteiger partial charge in [0.1, 0.15) is 0 Å². The molecule has 0 N–H and O–H groups in total. The van der Waals surface area contributed by atoms with Gasteiger partial charge in [0.2, 0.25) is 11.8 Å². The van der Waals surface area contributed by atoms with Gasteiger partial charge in [-0.05, 0) is 71.3 Å². The topological polar surface area (TPSA) is 37.4 Å². The Bertz CT molecular complexity index is 1340. The van der Waals surface area contributed by atoms with Crippen LogP contribution < -0.4 is 4.90 Å². The molecule has 3 aromatic carbocycles. The van der Waals surface area contributed by atoms with Gasteiger partial charge in [0, 0.05) is 19.3 Å². The highest BCUT2D eigenvalue weighted by molar-refractivity contribution is 6.13. The number of unbranched alkanes of at least 4 members (excludes halogenated alkanes) is 10. The van der Waals surface area contributed by atoms with Gasteiger partial charge in [0.05, 0.1) is 5.69 Å². The number of fused-ring (bicyclic) bond motifs is 3. The highest BCUT2D eigenvalue weighted by atomic mass is 16.2. The monoisotopic (exact) mass is 579 g/mol. The summed E-state index contributed by atoms with van der Waals surface area (Å²) in [5.74, 6) is -0.528. The van der Waals surface area contributed by atoms with Crippen molar-refractivity contribution in [3.63, 3.8) is 0 Å². The zero-order valence-electron chi connectivity index (χ0n) is 27.4. The van der Waals surface area contributed by atoms with E-state index in [1.165, 1.54) is 142 Å². The van der Waals surface area contributed by atoms with E-state index in [1.54, 1.807) is 0 Å². The lowest BCUT2D eigenvalue weighted by atomic mass is 9.70. The van der Waals surface area contributed by atoms with Gasteiger partial charge < -0.3 is 0 Å². The molecule has 1 aliphatic rings. The molecule has 3 nitrogen and oxygen atoms in total. The molecule has 0 aliphatic heterocycles. The highest BCUT2D eigenvalue weighted by Crippen LogP contribution is 2.55. The predicted molar refractivity (Wildman–Crippen MR) is 183 cm³/mol. The van der Waals surface area contributed by atoms with Gasteiger partial charge in [-0.3, -0.25) is 14.5 Å². The summed E-state index contributed by atoms with van der Waals surface area (Å²) in [4.78, 5) is 25.4. The smallest absolute Gasteiger partial charge is 0.230 e. The maximum Gasteiger partial charge on any atom is 0.230 e. The molecule has 0 spiro atoms. The van der Waals surface area contributed by atoms with Crippen LogP contribution in [0.2, 0.25) is 0 Å². The fraction of sp³-hybridized carbons (Fsp3) is 0.500. The minimum atomic E-state index is -0.264. The van der Waals surface area contributed by atoms with Gasteiger partial charge in [-0.2, -0.15) is 0 Å². The fourth-order valence-corrected chi connectivity index (χ4v) is 7.25. The first kappa shape index (κ1) is 32.7. The number of carbonyl (C=O) groups excluding carboxylic acids is 2. The van der Waals surface area contributed by atoms with Crippen molar-refractivity contribution in [1.82, 2.24) is 0 Å². The number of rotatable bonds is 16. The second-order valence-corrected chi connectivity index (χ2v) is 12.8. The first-order chi connectivity index (χ1) is 20.8. The number of anilines is 1. The number of hydrogen-bond donors (Lipinski definition) is 0. The lowest BCUT2D eigenvalue weighted by Crippen LogP contribution is -2.32. The van der Waals surface area contributed by atoms with E-state index in [4.69, 9.17) is 0 Å². The van der Waals surface area contributed by atoms with Gasteiger partial charge in [0.15, 0.2) is 0 Å². The van der Waals surface area contributed by atoms with Crippen LogP contribution in [0, 0.1) is 6.92 Å². The van der Waals surface area contributed by atoms with Crippen LogP contribution in [0.5, 0.6) is 0 Å². The van der Waals surface area contributed by atoms with Crippen LogP contribution >= 0.6 is 0 Å². The van der Waals surface area contributed by atoms with E-state index in [9.17, 15) is 9.59 Å². The predicted octanol–water partition coefficient (Wildman–Crippen LogP) is 11.3. The molecule has 3 heteroatoms. The molecule has 0 unspecified atom stereocenters. The average Bonchev–Trinajstić information content (AvgIpc) is 3.25. The molecule has 2 amide bonds. The zero-order valence-corrected chi connectivity index (χ0v) is 27.4. The lowest BCUT2D eigenvalue weighted by Gasteiger charge is -2.33. The van der Waals surface area contributed by atoms with Crippen LogP contribution in [0.25, 0.3) is 22.3 Å². The van der Waals surface area contributed by atoms with E-state index in [0.717, 1.165) is 5.56 Å². The van der Waals surface area contributed by atoms with Gasteiger partial charge in [-0.1, -0.05) is 139 Å². The Balaban J connectivity index is 1.70. The Morgan fingerprint density at radius 3 is 1.58 bits per heavy atom. The molecule has 0 saturated heterocycles. The number of imide groups is 1. The Morgan fingerprint density at radius 2 is 1.05 bits per heavy atom. The van der Waals surface area contributed by atoms with Crippen molar-refractivity contribution < 1.29 is 9.59 Å². The van der Waals surface area contributed by atoms with Crippen LogP contribution in [0.4, 0.5) is 5.69 Å². The molecular weight excluding hydrogens is 526 g/mol. The van der Waals surface area contributed by atoms with Crippen molar-refractivity contribution in [1.29, 1.82) is 0 Å². The van der Waals surface area contributed by atoms with Gasteiger partial charge in [-0.15, -0.1) is 0 Å². The summed E-state index contributed by atoms with van der Waals surface area (Å²) in [6, 6.07) is 22.0. The minimum absolute atomic E-state index is 0.0439. The number of hydrogen-bond acceptors (Lipinski definition) is 2. The molecule has 3 aromatic rings. The summed E-state index contributed by atoms with van der Waals surface area (Å²) < 4.78 is 0. The minimum Gasteiger partial charge on any atom is -0.274 e. The summed E-state index contributed by atoms with van der Waals surface area (Å²) in [6.07, 6.45) is 18.1. The molecule has 0 saturated carbocycles. The SMILES string of the molecule is CCCCCCCCC1(CCCCCCCC)c2cc(C)ccc2-c2ccc(-c3ccc(N(C(C)=O)C(C)=O)cc3)cc21. The van der Waals surface area contributed by atoms with Crippen molar-refractivity contribution in [3.8, 4) is 22.3 Å². The van der Waals surface area contributed by atoms with E-state index in [1.807, 2.05) is 24.3 Å². The van der Waals surface area contributed by atoms with E-state index < -0.39 is 0 Å². The van der Waals surface area contributed by atoms with E-state index in [-0.39, 0.29) is 17.2 Å². The molecule has 1 aliphatic carbocycles. The van der Waals surface area contributed by atoms with Crippen molar-refractivity contribution in [3.05, 3.63) is 77.4 Å². The van der Waals surface area contributed by atoms with Crippen LogP contribution in [0.15, 0.2) is 60.7 Å².